The van der Waals surface area contributed by atoms with Crippen LogP contribution in [0.2, 0.25) is 0 Å². The van der Waals surface area contributed by atoms with Crippen LogP contribution in [-0.4, -0.2) is 22.4 Å². The zero-order valence-electron chi connectivity index (χ0n) is 15.0. The van der Waals surface area contributed by atoms with Crippen molar-refractivity contribution in [1.29, 1.82) is 0 Å². The number of nitrogens with one attached hydrogen (secondary N) is 1. The molecule has 1 N–H and O–H groups in total. The van der Waals surface area contributed by atoms with Gasteiger partial charge in [-0.3, -0.25) is 14.9 Å². The number of benzene rings is 2. The number of para-hydroxylation sites is 1. The first-order chi connectivity index (χ1) is 13.5. The number of aryl methyl sites for hydroxylation is 1. The average Bonchev–Trinajstić information content (AvgIpc) is 3.04. The number of fused-ring (bicyclic) bond motifs is 1. The van der Waals surface area contributed by atoms with Crippen molar-refractivity contribution in [3.63, 3.8) is 0 Å². The van der Waals surface area contributed by atoms with E-state index in [9.17, 15) is 14.4 Å². The molecule has 0 spiro atoms. The number of amides is 4. The Balaban J connectivity index is 1.80. The van der Waals surface area contributed by atoms with E-state index < -0.39 is 17.8 Å². The molecular weight excluding hydrogens is 422 g/mol. The summed E-state index contributed by atoms with van der Waals surface area (Å²) in [5.41, 5.74) is 2.07. The standard InChI is InChI=1S/C21H16BrN3O3/c1-2-24-12-13(16-5-3-4-6-18(16)24)11-17-19(26)23-21(28)25(20(17)27)15-9-7-14(22)8-10-15/h3-12H,2H2,1H3,(H,23,26,28)/b17-11-. The van der Waals surface area contributed by atoms with Gasteiger partial charge in [-0.05, 0) is 43.3 Å². The minimum atomic E-state index is -0.759. The second-order valence-corrected chi connectivity index (χ2v) is 7.24. The summed E-state index contributed by atoms with van der Waals surface area (Å²) < 4.78 is 2.87. The number of carbonyl (C=O) groups excluding carboxylic acids is 3. The van der Waals surface area contributed by atoms with Gasteiger partial charge in [-0.15, -0.1) is 0 Å². The molecule has 0 bridgehead atoms. The lowest BCUT2D eigenvalue weighted by atomic mass is 10.1. The lowest BCUT2D eigenvalue weighted by Gasteiger charge is -2.26. The van der Waals surface area contributed by atoms with Gasteiger partial charge in [-0.1, -0.05) is 34.1 Å². The molecule has 2 heterocycles. The topological polar surface area (TPSA) is 71.4 Å². The van der Waals surface area contributed by atoms with Crippen LogP contribution in [0, 0.1) is 0 Å². The summed E-state index contributed by atoms with van der Waals surface area (Å²) in [4.78, 5) is 38.7. The van der Waals surface area contributed by atoms with Crippen LogP contribution in [0.3, 0.4) is 0 Å². The molecule has 1 aliphatic rings. The van der Waals surface area contributed by atoms with Gasteiger partial charge in [0.15, 0.2) is 0 Å². The summed E-state index contributed by atoms with van der Waals surface area (Å²) in [5.74, 6) is -1.35. The van der Waals surface area contributed by atoms with Crippen molar-refractivity contribution in [3.05, 3.63) is 70.3 Å². The molecule has 0 unspecified atom stereocenters. The molecule has 0 radical (unpaired) electrons. The SMILES string of the molecule is CCn1cc(/C=C2/C(=O)NC(=O)N(c3ccc(Br)cc3)C2=O)c2ccccc21. The number of halogens is 1. The Kier molecular flexibility index (Phi) is 4.60. The van der Waals surface area contributed by atoms with E-state index in [2.05, 4.69) is 21.2 Å². The Hall–Kier alpha value is -3.19. The number of hydrogen-bond acceptors (Lipinski definition) is 3. The van der Waals surface area contributed by atoms with Gasteiger partial charge in [0.1, 0.15) is 5.57 Å². The van der Waals surface area contributed by atoms with E-state index in [-0.39, 0.29) is 5.57 Å². The molecule has 140 valence electrons. The Bertz CT molecular complexity index is 1150. The fourth-order valence-corrected chi connectivity index (χ4v) is 3.55. The van der Waals surface area contributed by atoms with Gasteiger partial charge in [0.05, 0.1) is 5.69 Å². The molecule has 0 atom stereocenters. The third-order valence-corrected chi connectivity index (χ3v) is 5.18. The van der Waals surface area contributed by atoms with E-state index in [4.69, 9.17) is 0 Å². The zero-order chi connectivity index (χ0) is 19.8. The molecule has 28 heavy (non-hydrogen) atoms. The number of barbiturate groups is 1. The van der Waals surface area contributed by atoms with Crippen molar-refractivity contribution in [1.82, 2.24) is 9.88 Å². The summed E-state index contributed by atoms with van der Waals surface area (Å²) in [7, 11) is 0. The maximum Gasteiger partial charge on any atom is 0.335 e. The molecule has 0 saturated carbocycles. The molecule has 0 aliphatic carbocycles. The monoisotopic (exact) mass is 437 g/mol. The highest BCUT2D eigenvalue weighted by molar-refractivity contribution is 9.10. The molecule has 1 aliphatic heterocycles. The Morgan fingerprint density at radius 1 is 1.04 bits per heavy atom. The van der Waals surface area contributed by atoms with Gasteiger partial charge in [0.2, 0.25) is 0 Å². The van der Waals surface area contributed by atoms with Gasteiger partial charge < -0.3 is 4.57 Å². The van der Waals surface area contributed by atoms with E-state index in [1.54, 1.807) is 30.3 Å². The van der Waals surface area contributed by atoms with Gasteiger partial charge in [-0.25, -0.2) is 9.69 Å². The van der Waals surface area contributed by atoms with E-state index >= 15 is 0 Å². The summed E-state index contributed by atoms with van der Waals surface area (Å²) in [6, 6.07) is 13.7. The molecular formula is C21H16BrN3O3. The second kappa shape index (κ2) is 7.09. The number of nitrogens with zero attached hydrogens (tertiary/aromatic N) is 2. The molecule has 6 nitrogen and oxygen atoms in total. The molecule has 2 aromatic carbocycles. The third-order valence-electron chi connectivity index (χ3n) is 4.65. The number of urea groups is 1. The van der Waals surface area contributed by atoms with Crippen molar-refractivity contribution in [2.24, 2.45) is 0 Å². The quantitative estimate of drug-likeness (QED) is 0.495. The fourth-order valence-electron chi connectivity index (χ4n) is 3.29. The molecule has 4 rings (SSSR count). The Morgan fingerprint density at radius 3 is 2.46 bits per heavy atom. The normalized spacial score (nSPS) is 16.1. The van der Waals surface area contributed by atoms with Crippen LogP contribution in [0.15, 0.2) is 64.8 Å². The number of aromatic nitrogens is 1. The van der Waals surface area contributed by atoms with E-state index in [0.717, 1.165) is 32.4 Å². The first kappa shape index (κ1) is 18.2. The maximum atomic E-state index is 13.0. The fraction of sp³-hybridized carbons (Fsp3) is 0.0952. The molecule has 1 saturated heterocycles. The predicted molar refractivity (Wildman–Crippen MR) is 111 cm³/mol. The largest absolute Gasteiger partial charge is 0.347 e. The summed E-state index contributed by atoms with van der Waals surface area (Å²) in [6.07, 6.45) is 3.45. The molecule has 1 fully saturated rings. The summed E-state index contributed by atoms with van der Waals surface area (Å²) in [5, 5.41) is 3.19. The lowest BCUT2D eigenvalue weighted by Crippen LogP contribution is -2.54. The maximum absolute atomic E-state index is 13.0. The van der Waals surface area contributed by atoms with Gasteiger partial charge >= 0.3 is 6.03 Å². The number of anilines is 1. The van der Waals surface area contributed by atoms with Crippen LogP contribution >= 0.6 is 15.9 Å². The Morgan fingerprint density at radius 2 is 1.75 bits per heavy atom. The minimum Gasteiger partial charge on any atom is -0.347 e. The third kappa shape index (κ3) is 3.03. The Labute approximate surface area is 169 Å². The molecule has 4 amide bonds. The van der Waals surface area contributed by atoms with Crippen molar-refractivity contribution in [2.45, 2.75) is 13.5 Å². The highest BCUT2D eigenvalue weighted by Gasteiger charge is 2.36. The van der Waals surface area contributed by atoms with Crippen LogP contribution in [0.4, 0.5) is 10.5 Å². The number of rotatable bonds is 3. The number of hydrogen-bond donors (Lipinski definition) is 1. The summed E-state index contributed by atoms with van der Waals surface area (Å²) >= 11 is 3.33. The van der Waals surface area contributed by atoms with E-state index in [1.165, 1.54) is 0 Å². The molecule has 1 aromatic heterocycles. The first-order valence-electron chi connectivity index (χ1n) is 8.74. The van der Waals surface area contributed by atoms with Gasteiger partial charge in [0.25, 0.3) is 11.8 Å². The number of imide groups is 2. The van der Waals surface area contributed by atoms with Crippen LogP contribution in [0.5, 0.6) is 0 Å². The summed E-state index contributed by atoms with van der Waals surface area (Å²) in [6.45, 7) is 2.78. The minimum absolute atomic E-state index is 0.0819. The number of carbonyl (C=O) groups is 3. The average molecular weight is 438 g/mol. The van der Waals surface area contributed by atoms with E-state index in [0.29, 0.717) is 5.69 Å². The highest BCUT2D eigenvalue weighted by atomic mass is 79.9. The van der Waals surface area contributed by atoms with Crippen molar-refractivity contribution in [3.8, 4) is 0 Å². The smallest absolute Gasteiger partial charge is 0.335 e. The van der Waals surface area contributed by atoms with Gasteiger partial charge in [0, 0.05) is 33.7 Å². The predicted octanol–water partition coefficient (Wildman–Crippen LogP) is 4.09. The zero-order valence-corrected chi connectivity index (χ0v) is 16.6. The van der Waals surface area contributed by atoms with E-state index in [1.807, 2.05) is 42.0 Å². The van der Waals surface area contributed by atoms with Crippen LogP contribution < -0.4 is 10.2 Å². The lowest BCUT2D eigenvalue weighted by molar-refractivity contribution is -0.122. The second-order valence-electron chi connectivity index (χ2n) is 6.32. The first-order valence-corrected chi connectivity index (χ1v) is 9.54. The van der Waals surface area contributed by atoms with Crippen molar-refractivity contribution >= 4 is 56.4 Å². The van der Waals surface area contributed by atoms with Crippen LogP contribution in [0.1, 0.15) is 12.5 Å². The molecule has 3 aromatic rings. The van der Waals surface area contributed by atoms with Crippen LogP contribution in [-0.2, 0) is 16.1 Å². The highest BCUT2D eigenvalue weighted by Crippen LogP contribution is 2.27. The van der Waals surface area contributed by atoms with Crippen molar-refractivity contribution < 1.29 is 14.4 Å². The molecule has 7 heteroatoms. The van der Waals surface area contributed by atoms with Crippen molar-refractivity contribution in [2.75, 3.05) is 4.90 Å². The van der Waals surface area contributed by atoms with Gasteiger partial charge in [-0.2, -0.15) is 0 Å². The van der Waals surface area contributed by atoms with Crippen LogP contribution in [0.25, 0.3) is 17.0 Å².